The quantitative estimate of drug-likeness (QED) is 0.877. The highest BCUT2D eigenvalue weighted by atomic mass is 19.1. The number of rotatable bonds is 3. The molecule has 1 saturated heterocycles. The molecule has 0 spiro atoms. The number of piperidine rings is 1. The van der Waals surface area contributed by atoms with Gasteiger partial charge in [0.2, 0.25) is 0 Å². The Bertz CT molecular complexity index is 899. The normalized spacial score (nSPS) is 16.6. The third-order valence-electron chi connectivity index (χ3n) is 5.37. The first-order valence-electron chi connectivity index (χ1n) is 9.70. The predicted octanol–water partition coefficient (Wildman–Crippen LogP) is 3.38. The van der Waals surface area contributed by atoms with Crippen molar-refractivity contribution in [1.29, 1.82) is 0 Å². The molecule has 1 fully saturated rings. The zero-order valence-electron chi connectivity index (χ0n) is 15.5. The Labute approximate surface area is 161 Å². The fourth-order valence-corrected chi connectivity index (χ4v) is 3.92. The minimum Gasteiger partial charge on any atom is -0.336 e. The Morgan fingerprint density at radius 3 is 2.36 bits per heavy atom. The molecule has 0 aliphatic carbocycles. The lowest BCUT2D eigenvalue weighted by molar-refractivity contribution is 0.0705. The highest BCUT2D eigenvalue weighted by Crippen LogP contribution is 2.25. The van der Waals surface area contributed by atoms with Gasteiger partial charge in [-0.3, -0.25) is 9.59 Å². The molecule has 0 radical (unpaired) electrons. The van der Waals surface area contributed by atoms with Crippen molar-refractivity contribution in [1.82, 2.24) is 14.5 Å². The summed E-state index contributed by atoms with van der Waals surface area (Å²) in [4.78, 5) is 31.8. The van der Waals surface area contributed by atoms with Crippen molar-refractivity contribution >= 4 is 17.5 Å². The van der Waals surface area contributed by atoms with Crippen LogP contribution in [0.3, 0.4) is 0 Å². The van der Waals surface area contributed by atoms with Gasteiger partial charge in [-0.2, -0.15) is 0 Å². The van der Waals surface area contributed by atoms with Gasteiger partial charge in [0.25, 0.3) is 11.8 Å². The van der Waals surface area contributed by atoms with Crippen LogP contribution in [-0.2, 0) is 13.0 Å². The van der Waals surface area contributed by atoms with Crippen LogP contribution in [0.2, 0.25) is 0 Å². The van der Waals surface area contributed by atoms with Crippen LogP contribution in [0.15, 0.2) is 18.2 Å². The third kappa shape index (κ3) is 3.39. The van der Waals surface area contributed by atoms with Crippen molar-refractivity contribution < 1.29 is 18.4 Å². The number of carbonyl (C=O) groups is 2. The maximum Gasteiger partial charge on any atom is 0.289 e. The van der Waals surface area contributed by atoms with Crippen molar-refractivity contribution in [2.45, 2.75) is 45.1 Å². The molecule has 1 aromatic heterocycles. The number of likely N-dealkylation sites (tertiary alicyclic amines) is 1. The smallest absolute Gasteiger partial charge is 0.289 e. The Hall–Kier alpha value is -2.77. The van der Waals surface area contributed by atoms with Gasteiger partial charge in [-0.1, -0.05) is 6.07 Å². The monoisotopic (exact) mass is 388 g/mol. The lowest BCUT2D eigenvalue weighted by Crippen LogP contribution is -2.37. The predicted molar refractivity (Wildman–Crippen MR) is 99.2 cm³/mol. The number of amides is 2. The number of benzene rings is 1. The Balaban J connectivity index is 1.66. The van der Waals surface area contributed by atoms with Crippen molar-refractivity contribution in [2.24, 2.45) is 0 Å². The van der Waals surface area contributed by atoms with Gasteiger partial charge in [0.15, 0.2) is 11.5 Å². The Kier molecular flexibility index (Phi) is 5.11. The molecule has 2 aliphatic heterocycles. The molecule has 1 N–H and O–H groups in total. The van der Waals surface area contributed by atoms with Gasteiger partial charge in [0.05, 0.1) is 5.69 Å². The van der Waals surface area contributed by atoms with E-state index in [4.69, 9.17) is 0 Å². The molecule has 0 bridgehead atoms. The highest BCUT2D eigenvalue weighted by molar-refractivity contribution is 6.05. The second-order valence-electron chi connectivity index (χ2n) is 7.24. The summed E-state index contributed by atoms with van der Waals surface area (Å²) in [5.74, 6) is -2.35. The van der Waals surface area contributed by atoms with Crippen LogP contribution in [0.1, 0.15) is 58.9 Å². The van der Waals surface area contributed by atoms with Crippen LogP contribution >= 0.6 is 0 Å². The van der Waals surface area contributed by atoms with Gasteiger partial charge < -0.3 is 14.8 Å². The molecule has 148 valence electrons. The average Bonchev–Trinajstić information content (AvgIpc) is 3.11. The minimum absolute atomic E-state index is 0.0720. The van der Waals surface area contributed by atoms with Crippen LogP contribution < -0.4 is 5.32 Å². The molecule has 6 nitrogen and oxygen atoms in total. The van der Waals surface area contributed by atoms with Crippen LogP contribution in [0.5, 0.6) is 0 Å². The van der Waals surface area contributed by atoms with E-state index in [2.05, 4.69) is 10.3 Å². The van der Waals surface area contributed by atoms with Crippen molar-refractivity contribution in [3.63, 3.8) is 0 Å². The van der Waals surface area contributed by atoms with Crippen LogP contribution in [0.4, 0.5) is 14.5 Å². The molecule has 2 amide bonds. The summed E-state index contributed by atoms with van der Waals surface area (Å²) >= 11 is 0. The average molecular weight is 388 g/mol. The summed E-state index contributed by atoms with van der Waals surface area (Å²) in [5.41, 5.74) is 0.220. The summed E-state index contributed by atoms with van der Waals surface area (Å²) < 4.78 is 29.6. The number of hydrogen-bond donors (Lipinski definition) is 1. The third-order valence-corrected chi connectivity index (χ3v) is 5.37. The second kappa shape index (κ2) is 7.69. The number of hydrogen-bond acceptors (Lipinski definition) is 3. The van der Waals surface area contributed by atoms with E-state index in [-0.39, 0.29) is 17.4 Å². The van der Waals surface area contributed by atoms with Crippen LogP contribution in [0, 0.1) is 11.6 Å². The lowest BCUT2D eigenvalue weighted by Gasteiger charge is -2.27. The number of carbonyl (C=O) groups excluding carboxylic acids is 2. The summed E-state index contributed by atoms with van der Waals surface area (Å²) in [6.07, 6.45) is 5.39. The number of fused-ring (bicyclic) bond motifs is 1. The van der Waals surface area contributed by atoms with E-state index in [1.807, 2.05) is 0 Å². The molecule has 0 atom stereocenters. The Morgan fingerprint density at radius 2 is 1.64 bits per heavy atom. The zero-order valence-corrected chi connectivity index (χ0v) is 15.5. The van der Waals surface area contributed by atoms with Gasteiger partial charge in [0.1, 0.15) is 17.3 Å². The van der Waals surface area contributed by atoms with Crippen LogP contribution in [0.25, 0.3) is 0 Å². The standard InChI is InChI=1S/C20H22F2N4O2/c21-13-7-6-8-14(22)16(13)24-19(27)17-15-9-2-5-12-26(15)18(23-17)20(28)25-10-3-1-4-11-25/h6-8H,1-5,9-12H2,(H,24,27). The van der Waals surface area contributed by atoms with Gasteiger partial charge in [0, 0.05) is 19.6 Å². The first-order chi connectivity index (χ1) is 13.6. The maximum atomic E-state index is 13.9. The maximum absolute atomic E-state index is 13.9. The molecule has 2 aromatic rings. The number of halogens is 2. The first kappa shape index (κ1) is 18.6. The number of anilines is 1. The summed E-state index contributed by atoms with van der Waals surface area (Å²) in [7, 11) is 0. The van der Waals surface area contributed by atoms with E-state index in [0.717, 1.165) is 44.2 Å². The van der Waals surface area contributed by atoms with Gasteiger partial charge in [-0.25, -0.2) is 13.8 Å². The number of imidazole rings is 1. The van der Waals surface area contributed by atoms with Crippen molar-refractivity contribution in [3.8, 4) is 0 Å². The summed E-state index contributed by atoms with van der Waals surface area (Å²) in [6.45, 7) is 1.98. The van der Waals surface area contributed by atoms with Crippen molar-refractivity contribution in [2.75, 3.05) is 18.4 Å². The topological polar surface area (TPSA) is 67.2 Å². The number of para-hydroxylation sites is 1. The largest absolute Gasteiger partial charge is 0.336 e. The summed E-state index contributed by atoms with van der Waals surface area (Å²) in [5, 5.41) is 2.29. The molecule has 4 rings (SSSR count). The molecule has 1 aromatic carbocycles. The highest BCUT2D eigenvalue weighted by Gasteiger charge is 2.30. The van der Waals surface area contributed by atoms with Crippen LogP contribution in [-0.4, -0.2) is 39.4 Å². The minimum atomic E-state index is -0.856. The van der Waals surface area contributed by atoms with Gasteiger partial charge in [-0.15, -0.1) is 0 Å². The summed E-state index contributed by atoms with van der Waals surface area (Å²) in [6, 6.07) is 3.38. The fourth-order valence-electron chi connectivity index (χ4n) is 3.92. The van der Waals surface area contributed by atoms with Gasteiger partial charge >= 0.3 is 0 Å². The molecular formula is C20H22F2N4O2. The van der Waals surface area contributed by atoms with E-state index in [0.29, 0.717) is 31.7 Å². The van der Waals surface area contributed by atoms with E-state index in [9.17, 15) is 18.4 Å². The molecule has 3 heterocycles. The lowest BCUT2D eigenvalue weighted by atomic mass is 10.1. The van der Waals surface area contributed by atoms with E-state index >= 15 is 0 Å². The molecule has 28 heavy (non-hydrogen) atoms. The molecule has 0 unspecified atom stereocenters. The van der Waals surface area contributed by atoms with E-state index in [1.54, 1.807) is 9.47 Å². The SMILES string of the molecule is O=C(Nc1c(F)cccc1F)c1nc(C(=O)N2CCCCC2)n2c1CCCC2. The first-order valence-corrected chi connectivity index (χ1v) is 9.70. The fraction of sp³-hybridized carbons (Fsp3) is 0.450. The molecule has 2 aliphatic rings. The number of nitrogens with one attached hydrogen (secondary N) is 1. The zero-order chi connectivity index (χ0) is 19.7. The molecular weight excluding hydrogens is 366 g/mol. The van der Waals surface area contributed by atoms with E-state index < -0.39 is 23.2 Å². The number of nitrogens with zero attached hydrogens (tertiary/aromatic N) is 3. The van der Waals surface area contributed by atoms with Crippen molar-refractivity contribution in [3.05, 3.63) is 47.0 Å². The van der Waals surface area contributed by atoms with Gasteiger partial charge in [-0.05, 0) is 50.7 Å². The molecule has 8 heteroatoms. The molecule has 0 saturated carbocycles. The van der Waals surface area contributed by atoms with E-state index in [1.165, 1.54) is 6.07 Å². The second-order valence-corrected chi connectivity index (χ2v) is 7.24. The Morgan fingerprint density at radius 1 is 0.964 bits per heavy atom. The number of aromatic nitrogens is 2.